The number of amides is 3. The highest BCUT2D eigenvalue weighted by Gasteiger charge is 2.45. The van der Waals surface area contributed by atoms with Gasteiger partial charge in [-0.25, -0.2) is 4.79 Å². The van der Waals surface area contributed by atoms with Crippen molar-refractivity contribution in [3.8, 4) is 0 Å². The first-order valence-corrected chi connectivity index (χ1v) is 6.13. The summed E-state index contributed by atoms with van der Waals surface area (Å²) in [5, 5.41) is 11.1. The van der Waals surface area contributed by atoms with Crippen LogP contribution in [-0.2, 0) is 4.74 Å². The van der Waals surface area contributed by atoms with Gasteiger partial charge < -0.3 is 15.2 Å². The molecule has 2 heterocycles. The van der Waals surface area contributed by atoms with E-state index in [4.69, 9.17) is 9.84 Å². The van der Waals surface area contributed by atoms with Crippen LogP contribution in [0.5, 0.6) is 0 Å². The SMILES string of the molecule is O=C(O)N[C@H]1COC[C@H]1N1C(=O)c2ccccc2C1=O. The lowest BCUT2D eigenvalue weighted by Crippen LogP contribution is -2.52. The lowest BCUT2D eigenvalue weighted by Gasteiger charge is -2.25. The second-order valence-electron chi connectivity index (χ2n) is 4.69. The lowest BCUT2D eigenvalue weighted by molar-refractivity contribution is 0.0551. The van der Waals surface area contributed by atoms with Crippen LogP contribution in [-0.4, -0.2) is 53.2 Å². The number of nitrogens with zero attached hydrogens (tertiary/aromatic N) is 1. The Balaban J connectivity index is 1.90. The number of fused-ring (bicyclic) bond motifs is 1. The summed E-state index contributed by atoms with van der Waals surface area (Å²) in [6, 6.07) is 5.33. The van der Waals surface area contributed by atoms with Crippen LogP contribution in [0.4, 0.5) is 4.79 Å². The van der Waals surface area contributed by atoms with Gasteiger partial charge in [0.1, 0.15) is 0 Å². The Bertz CT molecular complexity index is 565. The fraction of sp³-hybridized carbons (Fsp3) is 0.308. The molecule has 1 aromatic rings. The summed E-state index contributed by atoms with van der Waals surface area (Å²) in [5.74, 6) is -0.809. The average molecular weight is 276 g/mol. The molecule has 3 amide bonds. The molecule has 0 aromatic heterocycles. The van der Waals surface area contributed by atoms with E-state index in [1.54, 1.807) is 24.3 Å². The van der Waals surface area contributed by atoms with Gasteiger partial charge >= 0.3 is 6.09 Å². The molecule has 0 bridgehead atoms. The van der Waals surface area contributed by atoms with Gasteiger partial charge in [0.05, 0.1) is 36.4 Å². The van der Waals surface area contributed by atoms with Crippen molar-refractivity contribution < 1.29 is 24.2 Å². The molecule has 1 aromatic carbocycles. The molecule has 2 atom stereocenters. The number of benzene rings is 1. The largest absolute Gasteiger partial charge is 0.465 e. The van der Waals surface area contributed by atoms with Gasteiger partial charge in [-0.15, -0.1) is 0 Å². The van der Waals surface area contributed by atoms with E-state index in [0.717, 1.165) is 4.90 Å². The molecule has 2 N–H and O–H groups in total. The van der Waals surface area contributed by atoms with Crippen molar-refractivity contribution in [2.45, 2.75) is 12.1 Å². The maximum Gasteiger partial charge on any atom is 0.405 e. The summed E-state index contributed by atoms with van der Waals surface area (Å²) >= 11 is 0. The summed E-state index contributed by atoms with van der Waals surface area (Å²) in [6.45, 7) is 0.279. The van der Waals surface area contributed by atoms with Crippen molar-refractivity contribution >= 4 is 17.9 Å². The van der Waals surface area contributed by atoms with Crippen molar-refractivity contribution in [2.75, 3.05) is 13.2 Å². The molecule has 0 saturated carbocycles. The molecule has 1 saturated heterocycles. The lowest BCUT2D eigenvalue weighted by atomic mass is 10.1. The first kappa shape index (κ1) is 12.6. The van der Waals surface area contributed by atoms with Crippen LogP contribution in [0.3, 0.4) is 0 Å². The Labute approximate surface area is 114 Å². The maximum atomic E-state index is 12.3. The van der Waals surface area contributed by atoms with Crippen LogP contribution in [0.15, 0.2) is 24.3 Å². The minimum absolute atomic E-state index is 0.135. The first-order chi connectivity index (χ1) is 9.59. The molecule has 20 heavy (non-hydrogen) atoms. The first-order valence-electron chi connectivity index (χ1n) is 6.13. The van der Waals surface area contributed by atoms with Gasteiger partial charge in [0.15, 0.2) is 0 Å². The normalized spacial score (nSPS) is 24.9. The predicted molar refractivity (Wildman–Crippen MR) is 66.5 cm³/mol. The molecular weight excluding hydrogens is 264 g/mol. The third-order valence-electron chi connectivity index (χ3n) is 3.52. The van der Waals surface area contributed by atoms with Gasteiger partial charge in [0.2, 0.25) is 0 Å². The third kappa shape index (κ3) is 1.83. The smallest absolute Gasteiger partial charge is 0.405 e. The number of hydrogen-bond acceptors (Lipinski definition) is 4. The molecule has 0 radical (unpaired) electrons. The molecule has 0 unspecified atom stereocenters. The van der Waals surface area contributed by atoms with Crippen molar-refractivity contribution in [3.05, 3.63) is 35.4 Å². The zero-order valence-corrected chi connectivity index (χ0v) is 10.4. The summed E-state index contributed by atoms with van der Waals surface area (Å²) < 4.78 is 5.21. The maximum absolute atomic E-state index is 12.3. The second-order valence-corrected chi connectivity index (χ2v) is 4.69. The fourth-order valence-corrected chi connectivity index (χ4v) is 2.60. The topological polar surface area (TPSA) is 95.9 Å². The monoisotopic (exact) mass is 276 g/mol. The predicted octanol–water partition coefficient (Wildman–Crippen LogP) is 0.318. The van der Waals surface area contributed by atoms with Gasteiger partial charge in [-0.05, 0) is 12.1 Å². The van der Waals surface area contributed by atoms with Crippen molar-refractivity contribution in [1.29, 1.82) is 0 Å². The summed E-state index contributed by atoms with van der Waals surface area (Å²) in [4.78, 5) is 36.4. The minimum Gasteiger partial charge on any atom is -0.465 e. The summed E-state index contributed by atoms with van der Waals surface area (Å²) in [7, 11) is 0. The molecular formula is C13H12N2O5. The van der Waals surface area contributed by atoms with Crippen LogP contribution >= 0.6 is 0 Å². The molecule has 7 nitrogen and oxygen atoms in total. The Morgan fingerprint density at radius 1 is 1.20 bits per heavy atom. The average Bonchev–Trinajstić information content (AvgIpc) is 2.94. The highest BCUT2D eigenvalue weighted by molar-refractivity contribution is 6.21. The van der Waals surface area contributed by atoms with E-state index < -0.39 is 30.0 Å². The zero-order chi connectivity index (χ0) is 14.3. The zero-order valence-electron chi connectivity index (χ0n) is 10.4. The van der Waals surface area contributed by atoms with E-state index in [2.05, 4.69) is 5.32 Å². The molecule has 0 spiro atoms. The van der Waals surface area contributed by atoms with Crippen LogP contribution < -0.4 is 5.32 Å². The van der Waals surface area contributed by atoms with Gasteiger partial charge in [-0.2, -0.15) is 0 Å². The Kier molecular flexibility index (Phi) is 2.90. The Morgan fingerprint density at radius 3 is 2.35 bits per heavy atom. The Hall–Kier alpha value is -2.41. The molecule has 104 valence electrons. The van der Waals surface area contributed by atoms with Crippen molar-refractivity contribution in [2.24, 2.45) is 0 Å². The molecule has 0 aliphatic carbocycles. The fourth-order valence-electron chi connectivity index (χ4n) is 2.60. The van der Waals surface area contributed by atoms with Crippen LogP contribution in [0.1, 0.15) is 20.7 Å². The van der Waals surface area contributed by atoms with Gasteiger partial charge in [0, 0.05) is 0 Å². The van der Waals surface area contributed by atoms with Crippen molar-refractivity contribution in [1.82, 2.24) is 10.2 Å². The summed E-state index contributed by atoms with van der Waals surface area (Å²) in [6.07, 6.45) is -1.21. The minimum atomic E-state index is -1.21. The highest BCUT2D eigenvalue weighted by atomic mass is 16.5. The molecule has 7 heteroatoms. The number of carbonyl (C=O) groups excluding carboxylic acids is 2. The molecule has 1 fully saturated rings. The Morgan fingerprint density at radius 2 is 1.80 bits per heavy atom. The molecule has 3 rings (SSSR count). The number of hydrogen-bond donors (Lipinski definition) is 2. The van der Waals surface area contributed by atoms with E-state index in [0.29, 0.717) is 11.1 Å². The van der Waals surface area contributed by atoms with Crippen LogP contribution in [0.2, 0.25) is 0 Å². The van der Waals surface area contributed by atoms with Gasteiger partial charge in [-0.1, -0.05) is 12.1 Å². The van der Waals surface area contributed by atoms with Gasteiger partial charge in [0.25, 0.3) is 11.8 Å². The molecule has 2 aliphatic heterocycles. The van der Waals surface area contributed by atoms with Crippen LogP contribution in [0, 0.1) is 0 Å². The highest BCUT2D eigenvalue weighted by Crippen LogP contribution is 2.27. The number of carbonyl (C=O) groups is 3. The second kappa shape index (κ2) is 4.61. The summed E-state index contributed by atoms with van der Waals surface area (Å²) in [5.41, 5.74) is 0.692. The van der Waals surface area contributed by atoms with E-state index in [9.17, 15) is 14.4 Å². The standard InChI is InChI=1S/C13H12N2O5/c16-11-7-3-1-2-4-8(7)12(17)15(11)10-6-20-5-9(10)14-13(18)19/h1-4,9-10,14H,5-6H2,(H,18,19)/t9-,10+/m0/s1. The quantitative estimate of drug-likeness (QED) is 0.758. The number of rotatable bonds is 2. The molecule has 2 aliphatic rings. The van der Waals surface area contributed by atoms with E-state index >= 15 is 0 Å². The van der Waals surface area contributed by atoms with E-state index in [-0.39, 0.29) is 13.2 Å². The van der Waals surface area contributed by atoms with Gasteiger partial charge in [-0.3, -0.25) is 14.5 Å². The number of carboxylic acid groups (broad SMARTS) is 1. The number of imide groups is 1. The van der Waals surface area contributed by atoms with Crippen LogP contribution in [0.25, 0.3) is 0 Å². The van der Waals surface area contributed by atoms with E-state index in [1.807, 2.05) is 0 Å². The third-order valence-corrected chi connectivity index (χ3v) is 3.52. The van der Waals surface area contributed by atoms with Crippen molar-refractivity contribution in [3.63, 3.8) is 0 Å². The number of nitrogens with one attached hydrogen (secondary N) is 1. The van der Waals surface area contributed by atoms with E-state index in [1.165, 1.54) is 0 Å². The number of ether oxygens (including phenoxy) is 1.